The Morgan fingerprint density at radius 1 is 0.958 bits per heavy atom. The summed E-state index contributed by atoms with van der Waals surface area (Å²) in [4.78, 5) is 12.5. The molecule has 0 aliphatic carbocycles. The highest BCUT2D eigenvalue weighted by Crippen LogP contribution is 2.22. The summed E-state index contributed by atoms with van der Waals surface area (Å²) in [6.07, 6.45) is 0.870. The van der Waals surface area contributed by atoms with E-state index in [4.69, 9.17) is 4.74 Å². The van der Waals surface area contributed by atoms with Crippen molar-refractivity contribution in [3.05, 3.63) is 71.8 Å². The third kappa shape index (κ3) is 6.79. The maximum absolute atomic E-state index is 12.5. The van der Waals surface area contributed by atoms with Gasteiger partial charge in [-0.1, -0.05) is 74.5 Å². The zero-order valence-electron chi connectivity index (χ0n) is 14.5. The van der Waals surface area contributed by atoms with Crippen LogP contribution in [0.2, 0.25) is 0 Å². The first-order chi connectivity index (χ1) is 11.6. The average Bonchev–Trinajstić information content (AvgIpc) is 2.60. The summed E-state index contributed by atoms with van der Waals surface area (Å²) in [7, 11) is 0. The fourth-order valence-corrected chi connectivity index (χ4v) is 3.64. The largest absolute Gasteiger partial charge is 0.461 e. The molecule has 2 aromatic rings. The zero-order valence-corrected chi connectivity index (χ0v) is 15.3. The normalized spacial score (nSPS) is 12.1. The Hall–Kier alpha value is -1.74. The van der Waals surface area contributed by atoms with E-state index in [2.05, 4.69) is 38.1 Å². The molecule has 2 nitrogen and oxygen atoms in total. The predicted molar refractivity (Wildman–Crippen MR) is 102 cm³/mol. The van der Waals surface area contributed by atoms with E-state index in [9.17, 15) is 4.79 Å². The van der Waals surface area contributed by atoms with Gasteiger partial charge < -0.3 is 4.74 Å². The first kappa shape index (κ1) is 18.6. The van der Waals surface area contributed by atoms with Crippen molar-refractivity contribution in [2.75, 3.05) is 5.75 Å². The first-order valence-electron chi connectivity index (χ1n) is 8.47. The molecule has 0 radical (unpaired) electrons. The number of hydrogen-bond acceptors (Lipinski definition) is 3. The van der Waals surface area contributed by atoms with Crippen LogP contribution in [0.25, 0.3) is 0 Å². The Labute approximate surface area is 149 Å². The zero-order chi connectivity index (χ0) is 17.2. The SMILES string of the molecule is CC(C)C[C@H](CSCc1ccccc1)C(=O)OCc1ccccc1. The molecular formula is C21H26O2S. The van der Waals surface area contributed by atoms with Crippen molar-refractivity contribution < 1.29 is 9.53 Å². The van der Waals surface area contributed by atoms with Crippen LogP contribution >= 0.6 is 11.8 Å². The minimum atomic E-state index is -0.0758. The topological polar surface area (TPSA) is 26.3 Å². The fourth-order valence-electron chi connectivity index (χ4n) is 2.54. The van der Waals surface area contributed by atoms with Crippen LogP contribution in [0.4, 0.5) is 0 Å². The quantitative estimate of drug-likeness (QED) is 0.577. The van der Waals surface area contributed by atoms with E-state index in [-0.39, 0.29) is 11.9 Å². The Morgan fingerprint density at radius 2 is 1.54 bits per heavy atom. The number of thioether (sulfide) groups is 1. The molecule has 0 heterocycles. The van der Waals surface area contributed by atoms with Gasteiger partial charge >= 0.3 is 5.97 Å². The molecule has 24 heavy (non-hydrogen) atoms. The van der Waals surface area contributed by atoms with Crippen LogP contribution in [0.3, 0.4) is 0 Å². The van der Waals surface area contributed by atoms with Crippen LogP contribution in [0.5, 0.6) is 0 Å². The summed E-state index contributed by atoms with van der Waals surface area (Å²) in [5.74, 6) is 2.11. The summed E-state index contributed by atoms with van der Waals surface area (Å²) in [6, 6.07) is 20.2. The number of benzene rings is 2. The number of esters is 1. The summed E-state index contributed by atoms with van der Waals surface area (Å²) in [6.45, 7) is 4.66. The van der Waals surface area contributed by atoms with Gasteiger partial charge in [-0.15, -0.1) is 0 Å². The number of ether oxygens (including phenoxy) is 1. The maximum Gasteiger partial charge on any atom is 0.310 e. The van der Waals surface area contributed by atoms with Crippen molar-refractivity contribution in [1.29, 1.82) is 0 Å². The molecule has 0 saturated heterocycles. The number of carbonyl (C=O) groups is 1. The minimum absolute atomic E-state index is 0.0394. The Morgan fingerprint density at radius 3 is 2.12 bits per heavy atom. The standard InChI is InChI=1S/C21H26O2S/c1-17(2)13-20(16-24-15-19-11-7-4-8-12-19)21(22)23-14-18-9-5-3-6-10-18/h3-12,17,20H,13-16H2,1-2H3/t20-/m1/s1. The molecule has 0 fully saturated rings. The molecule has 0 unspecified atom stereocenters. The van der Waals surface area contributed by atoms with Gasteiger partial charge in [-0.05, 0) is 23.5 Å². The highest BCUT2D eigenvalue weighted by atomic mass is 32.2. The third-order valence-electron chi connectivity index (χ3n) is 3.74. The molecule has 0 bridgehead atoms. The molecule has 3 heteroatoms. The van der Waals surface area contributed by atoms with E-state index < -0.39 is 0 Å². The van der Waals surface area contributed by atoms with Crippen LogP contribution in [-0.2, 0) is 21.9 Å². The molecule has 0 spiro atoms. The lowest BCUT2D eigenvalue weighted by Crippen LogP contribution is -2.22. The van der Waals surface area contributed by atoms with Crippen LogP contribution in [0.15, 0.2) is 60.7 Å². The maximum atomic E-state index is 12.5. The minimum Gasteiger partial charge on any atom is -0.461 e. The lowest BCUT2D eigenvalue weighted by atomic mass is 9.99. The second-order valence-electron chi connectivity index (χ2n) is 6.42. The van der Waals surface area contributed by atoms with E-state index in [0.29, 0.717) is 12.5 Å². The van der Waals surface area contributed by atoms with Gasteiger partial charge in [0.2, 0.25) is 0 Å². The van der Waals surface area contributed by atoms with E-state index in [0.717, 1.165) is 23.5 Å². The molecule has 0 saturated carbocycles. The highest BCUT2D eigenvalue weighted by molar-refractivity contribution is 7.98. The van der Waals surface area contributed by atoms with Crippen molar-refractivity contribution in [3.63, 3.8) is 0 Å². The molecule has 128 valence electrons. The van der Waals surface area contributed by atoms with Gasteiger partial charge in [0.15, 0.2) is 0 Å². The van der Waals surface area contributed by atoms with Crippen LogP contribution in [0.1, 0.15) is 31.4 Å². The summed E-state index contributed by atoms with van der Waals surface area (Å²) in [5.41, 5.74) is 2.33. The Kier molecular flexibility index (Phi) is 7.90. The van der Waals surface area contributed by atoms with E-state index in [1.807, 2.05) is 36.4 Å². The van der Waals surface area contributed by atoms with E-state index in [1.165, 1.54) is 5.56 Å². The smallest absolute Gasteiger partial charge is 0.310 e. The molecule has 2 rings (SSSR count). The van der Waals surface area contributed by atoms with Crippen LogP contribution in [0, 0.1) is 11.8 Å². The van der Waals surface area contributed by atoms with Crippen LogP contribution < -0.4 is 0 Å². The van der Waals surface area contributed by atoms with Crippen LogP contribution in [-0.4, -0.2) is 11.7 Å². The highest BCUT2D eigenvalue weighted by Gasteiger charge is 2.21. The van der Waals surface area contributed by atoms with Crippen molar-refractivity contribution in [1.82, 2.24) is 0 Å². The van der Waals surface area contributed by atoms with Crippen molar-refractivity contribution in [2.45, 2.75) is 32.6 Å². The molecule has 1 atom stereocenters. The number of hydrogen-bond donors (Lipinski definition) is 0. The predicted octanol–water partition coefficient (Wildman–Crippen LogP) is 5.33. The second-order valence-corrected chi connectivity index (χ2v) is 7.45. The van der Waals surface area contributed by atoms with E-state index in [1.54, 1.807) is 11.8 Å². The average molecular weight is 343 g/mol. The van der Waals surface area contributed by atoms with E-state index >= 15 is 0 Å². The monoisotopic (exact) mass is 342 g/mol. The Balaban J connectivity index is 1.83. The molecule has 0 amide bonds. The van der Waals surface area contributed by atoms with Crippen molar-refractivity contribution >= 4 is 17.7 Å². The molecule has 0 aliphatic rings. The van der Waals surface area contributed by atoms with Gasteiger partial charge in [-0.2, -0.15) is 11.8 Å². The lowest BCUT2D eigenvalue weighted by Gasteiger charge is -2.18. The summed E-state index contributed by atoms with van der Waals surface area (Å²) in [5, 5.41) is 0. The lowest BCUT2D eigenvalue weighted by molar-refractivity contribution is -0.149. The van der Waals surface area contributed by atoms with Gasteiger partial charge in [0, 0.05) is 11.5 Å². The van der Waals surface area contributed by atoms with Gasteiger partial charge in [0.1, 0.15) is 6.61 Å². The second kappa shape index (κ2) is 10.2. The molecule has 0 aromatic heterocycles. The van der Waals surface area contributed by atoms with Gasteiger partial charge in [0.25, 0.3) is 0 Å². The first-order valence-corrected chi connectivity index (χ1v) is 9.63. The molecular weight excluding hydrogens is 316 g/mol. The summed E-state index contributed by atoms with van der Waals surface area (Å²) >= 11 is 1.81. The van der Waals surface area contributed by atoms with Gasteiger partial charge in [-0.25, -0.2) is 0 Å². The number of rotatable bonds is 9. The van der Waals surface area contributed by atoms with Gasteiger partial charge in [-0.3, -0.25) is 4.79 Å². The summed E-state index contributed by atoms with van der Waals surface area (Å²) < 4.78 is 5.54. The fraction of sp³-hybridized carbons (Fsp3) is 0.381. The number of carbonyl (C=O) groups excluding carboxylic acids is 1. The molecule has 0 N–H and O–H groups in total. The van der Waals surface area contributed by atoms with Crippen molar-refractivity contribution in [3.8, 4) is 0 Å². The molecule has 2 aromatic carbocycles. The molecule has 0 aliphatic heterocycles. The third-order valence-corrected chi connectivity index (χ3v) is 4.92. The van der Waals surface area contributed by atoms with Crippen molar-refractivity contribution in [2.24, 2.45) is 11.8 Å². The Bertz CT molecular complexity index is 596. The van der Waals surface area contributed by atoms with Gasteiger partial charge in [0.05, 0.1) is 5.92 Å².